The van der Waals surface area contributed by atoms with Gasteiger partial charge in [0.25, 0.3) is 11.8 Å². The first-order valence-electron chi connectivity index (χ1n) is 8.79. The summed E-state index contributed by atoms with van der Waals surface area (Å²) in [4.78, 5) is 28.8. The lowest BCUT2D eigenvalue weighted by molar-refractivity contribution is 0.0953. The van der Waals surface area contributed by atoms with E-state index in [0.29, 0.717) is 23.5 Å². The van der Waals surface area contributed by atoms with Gasteiger partial charge in [0.2, 0.25) is 0 Å². The van der Waals surface area contributed by atoms with E-state index in [1.807, 2.05) is 38.1 Å². The Balaban J connectivity index is 1.65. The van der Waals surface area contributed by atoms with Crippen molar-refractivity contribution < 1.29 is 9.59 Å². The fourth-order valence-electron chi connectivity index (χ4n) is 2.45. The van der Waals surface area contributed by atoms with Gasteiger partial charge in [-0.15, -0.1) is 11.3 Å². The lowest BCUT2D eigenvalue weighted by Crippen LogP contribution is -2.23. The molecule has 138 valence electrons. The number of carbonyl (C=O) groups is 2. The predicted octanol–water partition coefficient (Wildman–Crippen LogP) is 4.51. The molecular formula is C21H21N3O2S. The number of hydrogen-bond donors (Lipinski definition) is 2. The van der Waals surface area contributed by atoms with Crippen molar-refractivity contribution in [2.75, 3.05) is 11.9 Å². The SMILES string of the molecule is CCCNC(=O)c1ccc(NC(=O)c2csc(-c3ccc(C)cc3)n2)cc1. The fraction of sp³-hybridized carbons (Fsp3) is 0.190. The summed E-state index contributed by atoms with van der Waals surface area (Å²) in [6, 6.07) is 14.9. The minimum absolute atomic E-state index is 0.114. The summed E-state index contributed by atoms with van der Waals surface area (Å²) in [6.45, 7) is 4.68. The zero-order chi connectivity index (χ0) is 19.2. The summed E-state index contributed by atoms with van der Waals surface area (Å²) in [5.41, 5.74) is 3.74. The summed E-state index contributed by atoms with van der Waals surface area (Å²) < 4.78 is 0. The maximum absolute atomic E-state index is 12.4. The average Bonchev–Trinajstić information content (AvgIpc) is 3.17. The van der Waals surface area contributed by atoms with Crippen LogP contribution in [0.4, 0.5) is 5.69 Å². The maximum Gasteiger partial charge on any atom is 0.275 e. The molecule has 0 unspecified atom stereocenters. The van der Waals surface area contributed by atoms with Gasteiger partial charge in [-0.1, -0.05) is 36.8 Å². The number of thiazole rings is 1. The Morgan fingerprint density at radius 2 is 1.70 bits per heavy atom. The van der Waals surface area contributed by atoms with E-state index in [0.717, 1.165) is 17.0 Å². The van der Waals surface area contributed by atoms with Gasteiger partial charge < -0.3 is 10.6 Å². The van der Waals surface area contributed by atoms with E-state index in [1.54, 1.807) is 29.6 Å². The van der Waals surface area contributed by atoms with Crippen molar-refractivity contribution in [3.63, 3.8) is 0 Å². The number of rotatable bonds is 6. The highest BCUT2D eigenvalue weighted by atomic mass is 32.1. The molecule has 2 aromatic carbocycles. The molecule has 0 bridgehead atoms. The van der Waals surface area contributed by atoms with Crippen LogP contribution in [0.1, 0.15) is 39.8 Å². The van der Waals surface area contributed by atoms with Crippen LogP contribution in [0.2, 0.25) is 0 Å². The summed E-state index contributed by atoms with van der Waals surface area (Å²) in [6.07, 6.45) is 0.887. The van der Waals surface area contributed by atoms with Gasteiger partial charge in [0.05, 0.1) is 0 Å². The molecule has 1 heterocycles. The number of amides is 2. The Kier molecular flexibility index (Phi) is 5.98. The molecule has 0 saturated heterocycles. The zero-order valence-electron chi connectivity index (χ0n) is 15.3. The number of aromatic nitrogens is 1. The van der Waals surface area contributed by atoms with Gasteiger partial charge in [0, 0.05) is 28.7 Å². The summed E-state index contributed by atoms with van der Waals surface area (Å²) in [5, 5.41) is 8.19. The molecule has 0 aliphatic carbocycles. The van der Waals surface area contributed by atoms with Crippen LogP contribution in [0.5, 0.6) is 0 Å². The van der Waals surface area contributed by atoms with Crippen molar-refractivity contribution in [3.8, 4) is 10.6 Å². The van der Waals surface area contributed by atoms with Crippen LogP contribution >= 0.6 is 11.3 Å². The van der Waals surface area contributed by atoms with Crippen molar-refractivity contribution >= 4 is 28.8 Å². The molecule has 6 heteroatoms. The third kappa shape index (κ3) is 4.80. The average molecular weight is 379 g/mol. The standard InChI is InChI=1S/C21H21N3O2S/c1-3-12-22-19(25)15-8-10-17(11-9-15)23-20(26)18-13-27-21(24-18)16-6-4-14(2)5-7-16/h4-11,13H,3,12H2,1-2H3,(H,22,25)(H,23,26). The molecule has 0 fully saturated rings. The molecule has 2 N–H and O–H groups in total. The van der Waals surface area contributed by atoms with Gasteiger partial charge in [0.15, 0.2) is 0 Å². The highest BCUT2D eigenvalue weighted by Crippen LogP contribution is 2.24. The van der Waals surface area contributed by atoms with Crippen LogP contribution in [-0.2, 0) is 0 Å². The van der Waals surface area contributed by atoms with Crippen LogP contribution in [0.25, 0.3) is 10.6 Å². The molecule has 1 aromatic heterocycles. The molecule has 3 rings (SSSR count). The number of anilines is 1. The number of nitrogens with one attached hydrogen (secondary N) is 2. The largest absolute Gasteiger partial charge is 0.352 e. The lowest BCUT2D eigenvalue weighted by Gasteiger charge is -2.06. The number of carbonyl (C=O) groups excluding carboxylic acids is 2. The van der Waals surface area contributed by atoms with Crippen LogP contribution < -0.4 is 10.6 Å². The minimum Gasteiger partial charge on any atom is -0.352 e. The first-order chi connectivity index (χ1) is 13.1. The van der Waals surface area contributed by atoms with Gasteiger partial charge in [-0.25, -0.2) is 4.98 Å². The number of aryl methyl sites for hydroxylation is 1. The maximum atomic E-state index is 12.4. The van der Waals surface area contributed by atoms with Crippen LogP contribution in [0.15, 0.2) is 53.9 Å². The van der Waals surface area contributed by atoms with E-state index in [9.17, 15) is 9.59 Å². The summed E-state index contributed by atoms with van der Waals surface area (Å²) in [5.74, 6) is -0.384. The Bertz CT molecular complexity index is 931. The highest BCUT2D eigenvalue weighted by Gasteiger charge is 2.12. The van der Waals surface area contributed by atoms with E-state index in [2.05, 4.69) is 15.6 Å². The second-order valence-corrected chi connectivity index (χ2v) is 7.05. The summed E-state index contributed by atoms with van der Waals surface area (Å²) >= 11 is 1.44. The number of nitrogens with zero attached hydrogens (tertiary/aromatic N) is 1. The minimum atomic E-state index is -0.271. The van der Waals surface area contributed by atoms with Crippen molar-refractivity contribution in [1.29, 1.82) is 0 Å². The van der Waals surface area contributed by atoms with Crippen molar-refractivity contribution in [2.45, 2.75) is 20.3 Å². The van der Waals surface area contributed by atoms with E-state index in [-0.39, 0.29) is 11.8 Å². The molecule has 5 nitrogen and oxygen atoms in total. The number of hydrogen-bond acceptors (Lipinski definition) is 4. The van der Waals surface area contributed by atoms with Gasteiger partial charge in [-0.3, -0.25) is 9.59 Å². The molecule has 0 radical (unpaired) electrons. The molecule has 0 saturated carbocycles. The van der Waals surface area contributed by atoms with Crippen LogP contribution in [0.3, 0.4) is 0 Å². The molecule has 0 atom stereocenters. The molecular weight excluding hydrogens is 358 g/mol. The van der Waals surface area contributed by atoms with Gasteiger partial charge in [0.1, 0.15) is 10.7 Å². The zero-order valence-corrected chi connectivity index (χ0v) is 16.1. The van der Waals surface area contributed by atoms with E-state index >= 15 is 0 Å². The van der Waals surface area contributed by atoms with E-state index in [4.69, 9.17) is 0 Å². The van der Waals surface area contributed by atoms with E-state index in [1.165, 1.54) is 16.9 Å². The Hall–Kier alpha value is -2.99. The Morgan fingerprint density at radius 1 is 1.00 bits per heavy atom. The second-order valence-electron chi connectivity index (χ2n) is 6.19. The third-order valence-corrected chi connectivity index (χ3v) is 4.87. The molecule has 27 heavy (non-hydrogen) atoms. The predicted molar refractivity (Wildman–Crippen MR) is 109 cm³/mol. The molecule has 0 aliphatic heterocycles. The Morgan fingerprint density at radius 3 is 2.37 bits per heavy atom. The monoisotopic (exact) mass is 379 g/mol. The normalized spacial score (nSPS) is 10.4. The first-order valence-corrected chi connectivity index (χ1v) is 9.67. The van der Waals surface area contributed by atoms with Gasteiger partial charge in [-0.2, -0.15) is 0 Å². The van der Waals surface area contributed by atoms with Gasteiger partial charge in [-0.05, 0) is 37.6 Å². The van der Waals surface area contributed by atoms with Crippen LogP contribution in [0, 0.1) is 6.92 Å². The van der Waals surface area contributed by atoms with Crippen molar-refractivity contribution in [3.05, 3.63) is 70.7 Å². The van der Waals surface area contributed by atoms with E-state index < -0.39 is 0 Å². The fourth-order valence-corrected chi connectivity index (χ4v) is 3.25. The lowest BCUT2D eigenvalue weighted by atomic mass is 10.2. The quantitative estimate of drug-likeness (QED) is 0.662. The van der Waals surface area contributed by atoms with Crippen molar-refractivity contribution in [1.82, 2.24) is 10.3 Å². The topological polar surface area (TPSA) is 71.1 Å². The third-order valence-electron chi connectivity index (χ3n) is 3.98. The first kappa shape index (κ1) is 18.8. The van der Waals surface area contributed by atoms with Crippen molar-refractivity contribution in [2.24, 2.45) is 0 Å². The molecule has 0 aliphatic rings. The Labute approximate surface area is 162 Å². The molecule has 2 amide bonds. The number of benzene rings is 2. The summed E-state index contributed by atoms with van der Waals surface area (Å²) in [7, 11) is 0. The molecule has 3 aromatic rings. The molecule has 0 spiro atoms. The smallest absolute Gasteiger partial charge is 0.275 e. The second kappa shape index (κ2) is 8.60. The van der Waals surface area contributed by atoms with Crippen LogP contribution in [-0.4, -0.2) is 23.3 Å². The highest BCUT2D eigenvalue weighted by molar-refractivity contribution is 7.13. The van der Waals surface area contributed by atoms with Gasteiger partial charge >= 0.3 is 0 Å².